The van der Waals surface area contributed by atoms with Crippen molar-refractivity contribution in [3.63, 3.8) is 0 Å². The standard InChI is InChI=1S/C16H17N5O3/c1-20-10-11(9-17-20)18-14(22)7-4-8-21-15(23)12-5-2-3-6-13(12)19-16(21)24/h2-3,5-6,9-10H,4,7-8H2,1H3,(H,18,22)(H,19,24). The van der Waals surface area contributed by atoms with Crippen LogP contribution in [0.25, 0.3) is 10.9 Å². The number of rotatable bonds is 5. The molecule has 0 saturated heterocycles. The number of carbonyl (C=O) groups excluding carboxylic acids is 1. The number of aromatic amines is 1. The minimum absolute atomic E-state index is 0.180. The Kier molecular flexibility index (Phi) is 4.28. The highest BCUT2D eigenvalue weighted by Crippen LogP contribution is 2.06. The first kappa shape index (κ1) is 15.7. The monoisotopic (exact) mass is 327 g/mol. The van der Waals surface area contributed by atoms with E-state index >= 15 is 0 Å². The summed E-state index contributed by atoms with van der Waals surface area (Å²) in [6, 6.07) is 6.85. The van der Waals surface area contributed by atoms with Crippen molar-refractivity contribution >= 4 is 22.5 Å². The molecule has 3 aromatic rings. The minimum atomic E-state index is -0.466. The normalized spacial score (nSPS) is 10.9. The predicted molar refractivity (Wildman–Crippen MR) is 89.9 cm³/mol. The molecule has 2 aromatic heterocycles. The van der Waals surface area contributed by atoms with Crippen LogP contribution < -0.4 is 16.6 Å². The van der Waals surface area contributed by atoms with Gasteiger partial charge in [-0.2, -0.15) is 5.10 Å². The van der Waals surface area contributed by atoms with Crippen LogP contribution in [0.3, 0.4) is 0 Å². The third kappa shape index (κ3) is 3.27. The van der Waals surface area contributed by atoms with Gasteiger partial charge < -0.3 is 10.3 Å². The van der Waals surface area contributed by atoms with Crippen LogP contribution in [0, 0.1) is 0 Å². The van der Waals surface area contributed by atoms with Crippen molar-refractivity contribution in [2.75, 3.05) is 5.32 Å². The van der Waals surface area contributed by atoms with Gasteiger partial charge >= 0.3 is 5.69 Å². The van der Waals surface area contributed by atoms with E-state index in [4.69, 9.17) is 0 Å². The third-order valence-electron chi connectivity index (χ3n) is 3.66. The van der Waals surface area contributed by atoms with E-state index in [1.165, 1.54) is 0 Å². The highest BCUT2D eigenvalue weighted by Gasteiger charge is 2.08. The number of amides is 1. The highest BCUT2D eigenvalue weighted by molar-refractivity contribution is 5.90. The van der Waals surface area contributed by atoms with Crippen LogP contribution in [0.4, 0.5) is 5.69 Å². The number of benzene rings is 1. The van der Waals surface area contributed by atoms with Gasteiger partial charge in [0, 0.05) is 26.2 Å². The van der Waals surface area contributed by atoms with E-state index in [1.807, 2.05) is 0 Å². The zero-order valence-electron chi connectivity index (χ0n) is 13.2. The number of aromatic nitrogens is 4. The van der Waals surface area contributed by atoms with E-state index in [1.54, 1.807) is 48.4 Å². The summed E-state index contributed by atoms with van der Waals surface area (Å²) in [4.78, 5) is 38.9. The van der Waals surface area contributed by atoms with Gasteiger partial charge in [0.25, 0.3) is 5.56 Å². The largest absolute Gasteiger partial charge is 0.328 e. The molecule has 124 valence electrons. The summed E-state index contributed by atoms with van der Waals surface area (Å²) in [5.74, 6) is -0.187. The van der Waals surface area contributed by atoms with Gasteiger partial charge in [0.2, 0.25) is 5.91 Å². The van der Waals surface area contributed by atoms with Gasteiger partial charge in [-0.1, -0.05) is 12.1 Å². The van der Waals surface area contributed by atoms with Gasteiger partial charge in [-0.15, -0.1) is 0 Å². The Balaban J connectivity index is 1.66. The number of aryl methyl sites for hydroxylation is 1. The molecule has 24 heavy (non-hydrogen) atoms. The molecule has 0 aliphatic rings. The molecule has 3 rings (SSSR count). The number of nitrogens with zero attached hydrogens (tertiary/aromatic N) is 3. The van der Waals surface area contributed by atoms with Crippen molar-refractivity contribution in [2.24, 2.45) is 7.05 Å². The fraction of sp³-hybridized carbons (Fsp3) is 0.250. The number of nitrogens with one attached hydrogen (secondary N) is 2. The van der Waals surface area contributed by atoms with E-state index in [-0.39, 0.29) is 24.4 Å². The Labute approximate surface area is 136 Å². The van der Waals surface area contributed by atoms with E-state index in [0.717, 1.165) is 4.57 Å². The summed E-state index contributed by atoms with van der Waals surface area (Å²) in [6.45, 7) is 0.180. The fourth-order valence-corrected chi connectivity index (χ4v) is 2.51. The fourth-order valence-electron chi connectivity index (χ4n) is 2.51. The topological polar surface area (TPSA) is 102 Å². The lowest BCUT2D eigenvalue weighted by atomic mass is 10.2. The lowest BCUT2D eigenvalue weighted by molar-refractivity contribution is -0.116. The number of hydrogen-bond acceptors (Lipinski definition) is 4. The molecule has 1 aromatic carbocycles. The molecule has 0 aliphatic heterocycles. The molecule has 2 heterocycles. The number of anilines is 1. The van der Waals surface area contributed by atoms with Crippen molar-refractivity contribution < 1.29 is 4.79 Å². The van der Waals surface area contributed by atoms with Crippen LogP contribution in [-0.2, 0) is 18.4 Å². The first-order valence-corrected chi connectivity index (χ1v) is 7.55. The van der Waals surface area contributed by atoms with Crippen LogP contribution in [0.1, 0.15) is 12.8 Å². The maximum Gasteiger partial charge on any atom is 0.328 e. The molecule has 0 atom stereocenters. The van der Waals surface area contributed by atoms with Crippen LogP contribution in [0.15, 0.2) is 46.2 Å². The first-order chi connectivity index (χ1) is 11.5. The van der Waals surface area contributed by atoms with Gasteiger partial charge in [0.05, 0.1) is 22.8 Å². The molecule has 0 spiro atoms. The zero-order chi connectivity index (χ0) is 17.1. The second-order valence-corrected chi connectivity index (χ2v) is 5.49. The average molecular weight is 327 g/mol. The molecular weight excluding hydrogens is 310 g/mol. The Bertz CT molecular complexity index is 999. The van der Waals surface area contributed by atoms with Gasteiger partial charge in [-0.3, -0.25) is 18.8 Å². The first-order valence-electron chi connectivity index (χ1n) is 7.55. The highest BCUT2D eigenvalue weighted by atomic mass is 16.2. The summed E-state index contributed by atoms with van der Waals surface area (Å²) in [5.41, 5.74) is 0.315. The number of H-pyrrole nitrogens is 1. The Morgan fingerprint density at radius 1 is 1.29 bits per heavy atom. The zero-order valence-corrected chi connectivity index (χ0v) is 13.2. The maximum atomic E-state index is 12.4. The van der Waals surface area contributed by atoms with Crippen LogP contribution in [-0.4, -0.2) is 25.2 Å². The molecule has 0 bridgehead atoms. The third-order valence-corrected chi connectivity index (χ3v) is 3.66. The molecule has 0 unspecified atom stereocenters. The van der Waals surface area contributed by atoms with E-state index in [0.29, 0.717) is 23.0 Å². The molecule has 8 nitrogen and oxygen atoms in total. The maximum absolute atomic E-state index is 12.4. The quantitative estimate of drug-likeness (QED) is 0.725. The lowest BCUT2D eigenvalue weighted by Crippen LogP contribution is -2.35. The summed E-state index contributed by atoms with van der Waals surface area (Å²) in [7, 11) is 1.76. The van der Waals surface area contributed by atoms with Gasteiger partial charge in [0.15, 0.2) is 0 Å². The van der Waals surface area contributed by atoms with Gasteiger partial charge in [-0.05, 0) is 18.6 Å². The predicted octanol–water partition coefficient (Wildman–Crippen LogP) is 0.842. The Morgan fingerprint density at radius 3 is 2.83 bits per heavy atom. The summed E-state index contributed by atoms with van der Waals surface area (Å²) >= 11 is 0. The van der Waals surface area contributed by atoms with Gasteiger partial charge in [0.1, 0.15) is 0 Å². The van der Waals surface area contributed by atoms with Crippen molar-refractivity contribution in [1.82, 2.24) is 19.3 Å². The molecule has 8 heteroatoms. The molecule has 0 fully saturated rings. The second-order valence-electron chi connectivity index (χ2n) is 5.49. The van der Waals surface area contributed by atoms with Crippen molar-refractivity contribution in [2.45, 2.75) is 19.4 Å². The molecule has 2 N–H and O–H groups in total. The molecule has 0 radical (unpaired) electrons. The lowest BCUT2D eigenvalue weighted by Gasteiger charge is -2.06. The van der Waals surface area contributed by atoms with Crippen LogP contribution >= 0.6 is 0 Å². The number of hydrogen-bond donors (Lipinski definition) is 2. The van der Waals surface area contributed by atoms with E-state index < -0.39 is 5.69 Å². The summed E-state index contributed by atoms with van der Waals surface area (Å²) in [6.07, 6.45) is 3.83. The number of para-hydroxylation sites is 1. The Morgan fingerprint density at radius 2 is 2.08 bits per heavy atom. The van der Waals surface area contributed by atoms with Crippen molar-refractivity contribution in [3.8, 4) is 0 Å². The summed E-state index contributed by atoms with van der Waals surface area (Å²) < 4.78 is 2.71. The molecule has 0 aliphatic carbocycles. The van der Waals surface area contributed by atoms with Crippen molar-refractivity contribution in [3.05, 3.63) is 57.5 Å². The van der Waals surface area contributed by atoms with E-state index in [9.17, 15) is 14.4 Å². The van der Waals surface area contributed by atoms with Crippen LogP contribution in [0.2, 0.25) is 0 Å². The van der Waals surface area contributed by atoms with Gasteiger partial charge in [-0.25, -0.2) is 4.79 Å². The van der Waals surface area contributed by atoms with E-state index in [2.05, 4.69) is 15.4 Å². The van der Waals surface area contributed by atoms with Crippen LogP contribution in [0.5, 0.6) is 0 Å². The molecule has 0 saturated carbocycles. The van der Waals surface area contributed by atoms with Crippen molar-refractivity contribution in [1.29, 1.82) is 0 Å². The number of fused-ring (bicyclic) bond motifs is 1. The number of carbonyl (C=O) groups is 1. The summed E-state index contributed by atoms with van der Waals surface area (Å²) in [5, 5.41) is 7.13. The smallest absolute Gasteiger partial charge is 0.323 e. The SMILES string of the molecule is Cn1cc(NC(=O)CCCn2c(=O)[nH]c3ccccc3c2=O)cn1. The average Bonchev–Trinajstić information content (AvgIpc) is 2.95. The molecule has 1 amide bonds. The Hall–Kier alpha value is -3.16. The molecular formula is C16H17N5O3. The minimum Gasteiger partial charge on any atom is -0.323 e. The second kappa shape index (κ2) is 6.53.